The van der Waals surface area contributed by atoms with Crippen LogP contribution >= 0.6 is 23.5 Å². The minimum Gasteiger partial charge on any atom is -0.337 e. The number of rotatable bonds is 2. The topological polar surface area (TPSA) is 64.9 Å². The Bertz CT molecular complexity index is 405. The fraction of sp³-hybridized carbons (Fsp3) is 0.818. The first-order valence-electron chi connectivity index (χ1n) is 6.05. The van der Waals surface area contributed by atoms with E-state index in [0.717, 1.165) is 24.4 Å². The van der Waals surface area contributed by atoms with Crippen LogP contribution in [0.2, 0.25) is 0 Å². The summed E-state index contributed by atoms with van der Waals surface area (Å²) >= 11 is 3.91. The molecule has 0 amide bonds. The SMILES string of the molecule is CC1SCCSC1c1noc(C2(N)CCC2)n1. The Morgan fingerprint density at radius 3 is 2.76 bits per heavy atom. The van der Waals surface area contributed by atoms with Crippen LogP contribution in [0.15, 0.2) is 4.52 Å². The molecule has 0 radical (unpaired) electrons. The Morgan fingerprint density at radius 2 is 2.12 bits per heavy atom. The molecule has 2 aliphatic rings. The molecule has 94 valence electrons. The van der Waals surface area contributed by atoms with Gasteiger partial charge in [0.15, 0.2) is 5.82 Å². The summed E-state index contributed by atoms with van der Waals surface area (Å²) in [7, 11) is 0. The molecule has 1 saturated carbocycles. The van der Waals surface area contributed by atoms with Crippen molar-refractivity contribution in [2.45, 2.75) is 42.2 Å². The molecule has 2 atom stereocenters. The summed E-state index contributed by atoms with van der Waals surface area (Å²) < 4.78 is 5.36. The minimum atomic E-state index is -0.332. The van der Waals surface area contributed by atoms with Crippen LogP contribution in [0, 0.1) is 0 Å². The second-order valence-electron chi connectivity index (χ2n) is 4.83. The van der Waals surface area contributed by atoms with E-state index in [1.165, 1.54) is 12.2 Å². The molecule has 6 heteroatoms. The molecule has 0 bridgehead atoms. The monoisotopic (exact) mass is 271 g/mol. The quantitative estimate of drug-likeness (QED) is 0.890. The Labute approximate surface area is 109 Å². The van der Waals surface area contributed by atoms with E-state index in [0.29, 0.717) is 16.4 Å². The van der Waals surface area contributed by atoms with Crippen LogP contribution in [-0.4, -0.2) is 26.9 Å². The van der Waals surface area contributed by atoms with Gasteiger partial charge in [-0.2, -0.15) is 16.7 Å². The van der Waals surface area contributed by atoms with E-state index in [4.69, 9.17) is 10.3 Å². The van der Waals surface area contributed by atoms with Gasteiger partial charge in [-0.3, -0.25) is 0 Å². The van der Waals surface area contributed by atoms with E-state index in [2.05, 4.69) is 17.1 Å². The van der Waals surface area contributed by atoms with Gasteiger partial charge < -0.3 is 10.3 Å². The van der Waals surface area contributed by atoms with E-state index in [9.17, 15) is 0 Å². The molecule has 2 N–H and O–H groups in total. The van der Waals surface area contributed by atoms with Gasteiger partial charge in [0.05, 0.1) is 10.8 Å². The van der Waals surface area contributed by atoms with Crippen molar-refractivity contribution in [2.24, 2.45) is 5.73 Å². The van der Waals surface area contributed by atoms with Crippen LogP contribution in [0.3, 0.4) is 0 Å². The first-order chi connectivity index (χ1) is 8.19. The summed E-state index contributed by atoms with van der Waals surface area (Å²) in [5.74, 6) is 3.86. The van der Waals surface area contributed by atoms with Gasteiger partial charge in [-0.05, 0) is 19.3 Å². The highest BCUT2D eigenvalue weighted by molar-refractivity contribution is 8.06. The van der Waals surface area contributed by atoms with Gasteiger partial charge in [-0.15, -0.1) is 11.8 Å². The summed E-state index contributed by atoms with van der Waals surface area (Å²) in [6, 6.07) is 0. The van der Waals surface area contributed by atoms with Crippen molar-refractivity contribution in [3.8, 4) is 0 Å². The van der Waals surface area contributed by atoms with Gasteiger partial charge in [0.25, 0.3) is 0 Å². The summed E-state index contributed by atoms with van der Waals surface area (Å²) in [4.78, 5) is 4.54. The van der Waals surface area contributed by atoms with Crippen LogP contribution in [0.5, 0.6) is 0 Å². The molecule has 4 nitrogen and oxygen atoms in total. The molecular formula is C11H17N3OS2. The molecule has 1 aliphatic heterocycles. The predicted molar refractivity (Wildman–Crippen MR) is 71.1 cm³/mol. The summed E-state index contributed by atoms with van der Waals surface area (Å²) in [5.41, 5.74) is 5.86. The van der Waals surface area contributed by atoms with Gasteiger partial charge in [-0.25, -0.2) is 0 Å². The Morgan fingerprint density at radius 1 is 1.35 bits per heavy atom. The molecule has 1 aromatic rings. The van der Waals surface area contributed by atoms with Gasteiger partial charge in [0.1, 0.15) is 0 Å². The van der Waals surface area contributed by atoms with E-state index in [-0.39, 0.29) is 5.54 Å². The number of nitrogens with zero attached hydrogens (tertiary/aromatic N) is 2. The van der Waals surface area contributed by atoms with Crippen molar-refractivity contribution in [3.63, 3.8) is 0 Å². The number of hydrogen-bond acceptors (Lipinski definition) is 6. The Hall–Kier alpha value is -0.200. The zero-order valence-corrected chi connectivity index (χ0v) is 11.5. The van der Waals surface area contributed by atoms with Crippen LogP contribution in [0.25, 0.3) is 0 Å². The maximum Gasteiger partial charge on any atom is 0.246 e. The van der Waals surface area contributed by atoms with Crippen molar-refractivity contribution in [3.05, 3.63) is 11.7 Å². The molecule has 2 unspecified atom stereocenters. The second-order valence-corrected chi connectivity index (χ2v) is 7.57. The lowest BCUT2D eigenvalue weighted by Gasteiger charge is -2.33. The average molecular weight is 271 g/mol. The van der Waals surface area contributed by atoms with Gasteiger partial charge in [0.2, 0.25) is 5.89 Å². The molecule has 0 aromatic carbocycles. The number of thioether (sulfide) groups is 2. The van der Waals surface area contributed by atoms with Crippen LogP contribution < -0.4 is 5.73 Å². The Balaban J connectivity index is 1.79. The largest absolute Gasteiger partial charge is 0.337 e. The molecular weight excluding hydrogens is 254 g/mol. The van der Waals surface area contributed by atoms with Gasteiger partial charge in [-0.1, -0.05) is 12.1 Å². The second kappa shape index (κ2) is 4.48. The van der Waals surface area contributed by atoms with Gasteiger partial charge >= 0.3 is 0 Å². The maximum absolute atomic E-state index is 6.19. The predicted octanol–water partition coefficient (Wildman–Crippen LogP) is 2.32. The molecule has 1 aromatic heterocycles. The lowest BCUT2D eigenvalue weighted by Crippen LogP contribution is -2.43. The molecule has 17 heavy (non-hydrogen) atoms. The molecule has 3 rings (SSSR count). The third-order valence-electron chi connectivity index (χ3n) is 3.56. The van der Waals surface area contributed by atoms with Crippen molar-refractivity contribution in [2.75, 3.05) is 11.5 Å². The summed E-state index contributed by atoms with van der Waals surface area (Å²) in [6.07, 6.45) is 3.10. The van der Waals surface area contributed by atoms with Crippen LogP contribution in [-0.2, 0) is 5.54 Å². The van der Waals surface area contributed by atoms with Crippen molar-refractivity contribution < 1.29 is 4.52 Å². The van der Waals surface area contributed by atoms with E-state index < -0.39 is 0 Å². The fourth-order valence-corrected chi connectivity index (χ4v) is 4.92. The number of nitrogens with two attached hydrogens (primary N) is 1. The molecule has 1 aliphatic carbocycles. The molecule has 0 spiro atoms. The normalized spacial score (nSPS) is 32.1. The highest BCUT2D eigenvalue weighted by atomic mass is 32.2. The number of aromatic nitrogens is 2. The maximum atomic E-state index is 6.19. The smallest absolute Gasteiger partial charge is 0.246 e. The first-order valence-corrected chi connectivity index (χ1v) is 8.15. The zero-order valence-electron chi connectivity index (χ0n) is 9.89. The minimum absolute atomic E-state index is 0.332. The number of hydrogen-bond donors (Lipinski definition) is 1. The molecule has 2 fully saturated rings. The van der Waals surface area contributed by atoms with E-state index >= 15 is 0 Å². The van der Waals surface area contributed by atoms with Crippen LogP contribution in [0.4, 0.5) is 0 Å². The van der Waals surface area contributed by atoms with Crippen molar-refractivity contribution in [1.29, 1.82) is 0 Å². The third kappa shape index (κ3) is 2.11. The fourth-order valence-electron chi connectivity index (χ4n) is 2.24. The highest BCUT2D eigenvalue weighted by Gasteiger charge is 2.41. The average Bonchev–Trinajstić information content (AvgIpc) is 2.76. The Kier molecular flexibility index (Phi) is 3.13. The van der Waals surface area contributed by atoms with Crippen molar-refractivity contribution in [1.82, 2.24) is 10.1 Å². The summed E-state index contributed by atoms with van der Waals surface area (Å²) in [5, 5.41) is 5.04. The lowest BCUT2D eigenvalue weighted by molar-refractivity contribution is 0.181. The molecule has 2 heterocycles. The van der Waals surface area contributed by atoms with Crippen molar-refractivity contribution >= 4 is 23.5 Å². The van der Waals surface area contributed by atoms with E-state index in [1.54, 1.807) is 0 Å². The first kappa shape index (κ1) is 11.9. The van der Waals surface area contributed by atoms with Gasteiger partial charge in [0, 0.05) is 16.8 Å². The highest BCUT2D eigenvalue weighted by Crippen LogP contribution is 2.43. The van der Waals surface area contributed by atoms with E-state index in [1.807, 2.05) is 23.5 Å². The lowest BCUT2D eigenvalue weighted by atomic mass is 9.78. The standard InChI is InChI=1S/C11H17N3OS2/c1-7-8(17-6-5-16-7)9-13-10(15-14-9)11(12)3-2-4-11/h7-8H,2-6,12H2,1H3. The summed E-state index contributed by atoms with van der Waals surface area (Å²) in [6.45, 7) is 2.24. The zero-order chi connectivity index (χ0) is 11.9. The van der Waals surface area contributed by atoms with Crippen LogP contribution in [0.1, 0.15) is 43.2 Å². The third-order valence-corrected chi connectivity index (χ3v) is 6.64. The molecule has 1 saturated heterocycles.